The van der Waals surface area contributed by atoms with Crippen LogP contribution in [0.1, 0.15) is 46.0 Å². The fourth-order valence-electron chi connectivity index (χ4n) is 3.56. The highest BCUT2D eigenvalue weighted by atomic mass is 35.5. The molecule has 6 atom stereocenters. The number of methoxy groups -OCH3 is 1. The second-order valence-corrected chi connectivity index (χ2v) is 9.84. The summed E-state index contributed by atoms with van der Waals surface area (Å²) in [7, 11) is 1.62. The number of unbranched alkanes of at least 4 members (excludes halogenated alkanes) is 1. The van der Waals surface area contributed by atoms with E-state index < -0.39 is 6.17 Å². The van der Waals surface area contributed by atoms with Crippen molar-refractivity contribution in [3.8, 4) is 0 Å². The lowest BCUT2D eigenvalue weighted by atomic mass is 9.81. The average molecular weight is 575 g/mol. The van der Waals surface area contributed by atoms with E-state index in [1.165, 1.54) is 6.42 Å². The largest absolute Gasteiger partial charge is 0.381 e. The minimum Gasteiger partial charge on any atom is -0.381 e. The highest BCUT2D eigenvalue weighted by Crippen LogP contribution is 2.30. The second kappa shape index (κ2) is 24.2. The molecule has 1 saturated heterocycles. The van der Waals surface area contributed by atoms with Gasteiger partial charge in [0.05, 0.1) is 49.9 Å². The second-order valence-electron chi connectivity index (χ2n) is 8.72. The Balaban J connectivity index is 0.000000538. The fourth-order valence-corrected chi connectivity index (χ4v) is 3.92. The maximum Gasteiger partial charge on any atom is 0.315 e. The van der Waals surface area contributed by atoms with E-state index in [-0.39, 0.29) is 34.8 Å². The quantitative estimate of drug-likeness (QED) is 0.0876. The van der Waals surface area contributed by atoms with Crippen molar-refractivity contribution >= 4 is 36.7 Å². The number of hydrogen-bond donors (Lipinski definition) is 5. The van der Waals surface area contributed by atoms with Gasteiger partial charge in [0.15, 0.2) is 0 Å². The first-order valence-electron chi connectivity index (χ1n) is 13.0. The number of alkyl halides is 2. The van der Waals surface area contributed by atoms with Crippen molar-refractivity contribution in [1.82, 2.24) is 16.0 Å². The molecule has 5 N–H and O–H groups in total. The molecule has 2 fully saturated rings. The van der Waals surface area contributed by atoms with Crippen LogP contribution in [0.5, 0.6) is 0 Å². The summed E-state index contributed by atoms with van der Waals surface area (Å²) in [6.07, 6.45) is 4.23. The van der Waals surface area contributed by atoms with Crippen molar-refractivity contribution in [2.24, 2.45) is 11.7 Å². The van der Waals surface area contributed by atoms with E-state index in [1.807, 2.05) is 6.92 Å². The van der Waals surface area contributed by atoms with Crippen LogP contribution in [-0.2, 0) is 23.7 Å². The Morgan fingerprint density at radius 3 is 2.30 bits per heavy atom. The number of ether oxygens (including phenoxy) is 4. The van der Waals surface area contributed by atoms with Crippen LogP contribution < -0.4 is 21.7 Å². The zero-order chi connectivity index (χ0) is 27.9. The molecule has 3 amide bonds. The molecule has 220 valence electrons. The first-order chi connectivity index (χ1) is 17.8. The number of rotatable bonds is 15. The van der Waals surface area contributed by atoms with Gasteiger partial charge in [-0.1, -0.05) is 13.3 Å². The molecule has 10 nitrogen and oxygen atoms in total. The van der Waals surface area contributed by atoms with Gasteiger partial charge in [-0.15, -0.1) is 11.6 Å². The third-order valence-corrected chi connectivity index (χ3v) is 6.88. The van der Waals surface area contributed by atoms with Crippen molar-refractivity contribution in [2.75, 3.05) is 59.8 Å². The van der Waals surface area contributed by atoms with Crippen molar-refractivity contribution in [1.29, 1.82) is 0 Å². The molecule has 0 radical (unpaired) electrons. The van der Waals surface area contributed by atoms with Gasteiger partial charge < -0.3 is 40.6 Å². The summed E-state index contributed by atoms with van der Waals surface area (Å²) in [6, 6.07) is -0.285. The Hall–Kier alpha value is -0.890. The van der Waals surface area contributed by atoms with E-state index in [0.29, 0.717) is 59.0 Å². The highest BCUT2D eigenvalue weighted by molar-refractivity contribution is 7.81. The molecule has 0 bridgehead atoms. The van der Waals surface area contributed by atoms with E-state index in [9.17, 15) is 14.0 Å². The van der Waals surface area contributed by atoms with Gasteiger partial charge in [0.25, 0.3) is 0 Å². The molecule has 2 rings (SSSR count). The molecular weight excluding hydrogens is 527 g/mol. The van der Waals surface area contributed by atoms with Crippen LogP contribution in [-0.4, -0.2) is 101 Å². The van der Waals surface area contributed by atoms with Crippen molar-refractivity contribution in [2.45, 2.75) is 75.0 Å². The predicted octanol–water partition coefficient (Wildman–Crippen LogP) is 2.23. The molecule has 0 aromatic heterocycles. The summed E-state index contributed by atoms with van der Waals surface area (Å²) in [5, 5.41) is 7.32. The van der Waals surface area contributed by atoms with Gasteiger partial charge >= 0.3 is 6.03 Å². The summed E-state index contributed by atoms with van der Waals surface area (Å²) >= 11 is 9.69. The Kier molecular flexibility index (Phi) is 23.6. The third kappa shape index (κ3) is 18.9. The average Bonchev–Trinajstić information content (AvgIpc) is 2.88. The SMILES string of the molecule is CCCCOCCOCCOCCN.COC1CCC(C(C)NC=O)C(F)C1.O=C1NCC(Cl)C(S)N1. The first kappa shape index (κ1) is 36.1. The lowest BCUT2D eigenvalue weighted by Crippen LogP contribution is -2.53. The van der Waals surface area contributed by atoms with E-state index in [1.54, 1.807) is 7.11 Å². The number of hydrogen-bond acceptors (Lipinski definition) is 8. The topological polar surface area (TPSA) is 133 Å². The van der Waals surface area contributed by atoms with E-state index in [2.05, 4.69) is 35.5 Å². The van der Waals surface area contributed by atoms with Gasteiger partial charge in [-0.3, -0.25) is 4.79 Å². The number of urea groups is 1. The van der Waals surface area contributed by atoms with Crippen LogP contribution in [0, 0.1) is 5.92 Å². The number of halogens is 2. The van der Waals surface area contributed by atoms with Crippen molar-refractivity contribution < 1.29 is 32.9 Å². The smallest absolute Gasteiger partial charge is 0.315 e. The number of nitrogens with one attached hydrogen (secondary N) is 3. The number of nitrogens with two attached hydrogens (primary N) is 1. The maximum absolute atomic E-state index is 13.6. The molecule has 2 aliphatic rings. The van der Waals surface area contributed by atoms with Gasteiger partial charge in [-0.2, -0.15) is 12.6 Å². The van der Waals surface area contributed by atoms with Crippen LogP contribution in [0.25, 0.3) is 0 Å². The van der Waals surface area contributed by atoms with Gasteiger partial charge in [0.1, 0.15) is 6.17 Å². The third-order valence-electron chi connectivity index (χ3n) is 5.81. The molecule has 1 aliphatic carbocycles. The summed E-state index contributed by atoms with van der Waals surface area (Å²) in [5.41, 5.74) is 5.25. The van der Waals surface area contributed by atoms with Crippen LogP contribution in [0.15, 0.2) is 0 Å². The zero-order valence-electron chi connectivity index (χ0n) is 22.5. The summed E-state index contributed by atoms with van der Waals surface area (Å²) in [4.78, 5) is 20.7. The van der Waals surface area contributed by atoms with E-state index in [0.717, 1.165) is 25.9 Å². The minimum atomic E-state index is -0.865. The number of amides is 3. The Bertz CT molecular complexity index is 563. The van der Waals surface area contributed by atoms with Gasteiger partial charge in [0.2, 0.25) is 6.41 Å². The number of carbonyl (C=O) groups excluding carboxylic acids is 2. The van der Waals surface area contributed by atoms with E-state index in [4.69, 9.17) is 36.3 Å². The maximum atomic E-state index is 13.6. The molecule has 1 heterocycles. The molecule has 37 heavy (non-hydrogen) atoms. The Morgan fingerprint density at radius 2 is 1.81 bits per heavy atom. The molecule has 1 saturated carbocycles. The fraction of sp³-hybridized carbons (Fsp3) is 0.917. The molecular formula is C24H48ClFN4O6S. The van der Waals surface area contributed by atoms with Gasteiger partial charge in [-0.25, -0.2) is 9.18 Å². The van der Waals surface area contributed by atoms with Crippen LogP contribution in [0.2, 0.25) is 0 Å². The van der Waals surface area contributed by atoms with E-state index >= 15 is 0 Å². The summed E-state index contributed by atoms with van der Waals surface area (Å²) in [5.74, 6) is -0.0633. The van der Waals surface area contributed by atoms with Crippen molar-refractivity contribution in [3.05, 3.63) is 0 Å². The predicted molar refractivity (Wildman–Crippen MR) is 147 cm³/mol. The van der Waals surface area contributed by atoms with Gasteiger partial charge in [-0.05, 0) is 26.2 Å². The monoisotopic (exact) mass is 574 g/mol. The van der Waals surface area contributed by atoms with Crippen LogP contribution in [0.4, 0.5) is 9.18 Å². The molecule has 6 unspecified atom stereocenters. The Labute approximate surface area is 232 Å². The summed E-state index contributed by atoms with van der Waals surface area (Å²) < 4.78 is 34.5. The van der Waals surface area contributed by atoms with Crippen LogP contribution >= 0.6 is 24.2 Å². The molecule has 0 aromatic carbocycles. The lowest BCUT2D eigenvalue weighted by molar-refractivity contribution is -0.110. The summed E-state index contributed by atoms with van der Waals surface area (Å²) in [6.45, 7) is 9.06. The first-order valence-corrected chi connectivity index (χ1v) is 13.9. The highest BCUT2D eigenvalue weighted by Gasteiger charge is 2.33. The van der Waals surface area contributed by atoms with Crippen molar-refractivity contribution in [3.63, 3.8) is 0 Å². The normalized spacial score (nSPS) is 25.8. The number of carbonyl (C=O) groups is 2. The molecule has 1 aliphatic heterocycles. The zero-order valence-corrected chi connectivity index (χ0v) is 24.1. The molecule has 0 aromatic rings. The van der Waals surface area contributed by atoms with Gasteiger partial charge in [0, 0.05) is 45.2 Å². The standard InChI is InChI=1S/C10H18FNO2.C10H23NO3.C4H7ClN2OS/c1-7(12-6-13)9-4-3-8(14-2)5-10(9)11;1-2-3-5-12-7-9-14-10-8-13-6-4-11;5-2-1-6-4(8)7-3(2)9/h6-10H,3-5H2,1-2H3,(H,12,13);2-11H2,1H3;2-3,9H,1H2,(H2,6,7,8). The molecule has 13 heteroatoms. The lowest BCUT2D eigenvalue weighted by Gasteiger charge is -2.34. The number of thiol groups is 1. The van der Waals surface area contributed by atoms with Crippen LogP contribution in [0.3, 0.4) is 0 Å². The Morgan fingerprint density at radius 1 is 1.19 bits per heavy atom. The minimum absolute atomic E-state index is 0.0460. The molecule has 0 spiro atoms.